The first-order valence-electron chi connectivity index (χ1n) is 5.68. The zero-order valence-electron chi connectivity index (χ0n) is 10.4. The van der Waals surface area contributed by atoms with Gasteiger partial charge in [-0.25, -0.2) is 4.98 Å². The quantitative estimate of drug-likeness (QED) is 0.920. The highest BCUT2D eigenvalue weighted by Crippen LogP contribution is 2.15. The number of amides is 2. The molecular formula is C13H13N3O2S. The van der Waals surface area contributed by atoms with Crippen LogP contribution in [0.2, 0.25) is 0 Å². The Morgan fingerprint density at radius 2 is 2.05 bits per heavy atom. The Labute approximate surface area is 114 Å². The number of aromatic nitrogens is 1. The summed E-state index contributed by atoms with van der Waals surface area (Å²) in [6, 6.07) is 8.78. The highest BCUT2D eigenvalue weighted by molar-refractivity contribution is 7.13. The van der Waals surface area contributed by atoms with Crippen LogP contribution < -0.4 is 10.2 Å². The second-order valence-corrected chi connectivity index (χ2v) is 4.69. The number of nitrogens with one attached hydrogen (secondary N) is 1. The van der Waals surface area contributed by atoms with Gasteiger partial charge in [0.05, 0.1) is 6.54 Å². The lowest BCUT2D eigenvalue weighted by atomic mass is 10.2. The molecule has 0 saturated heterocycles. The van der Waals surface area contributed by atoms with Gasteiger partial charge in [0.1, 0.15) is 0 Å². The third kappa shape index (κ3) is 3.38. The van der Waals surface area contributed by atoms with Gasteiger partial charge in [0.25, 0.3) is 5.91 Å². The van der Waals surface area contributed by atoms with E-state index in [1.54, 1.807) is 42.9 Å². The molecule has 98 valence electrons. The summed E-state index contributed by atoms with van der Waals surface area (Å²) in [7, 11) is 1.63. The van der Waals surface area contributed by atoms with Crippen molar-refractivity contribution in [3.63, 3.8) is 0 Å². The summed E-state index contributed by atoms with van der Waals surface area (Å²) in [5.41, 5.74) is 0.534. The highest BCUT2D eigenvalue weighted by atomic mass is 32.1. The van der Waals surface area contributed by atoms with Gasteiger partial charge in [-0.2, -0.15) is 0 Å². The van der Waals surface area contributed by atoms with Crippen molar-refractivity contribution in [3.05, 3.63) is 47.5 Å². The molecular weight excluding hydrogens is 262 g/mol. The lowest BCUT2D eigenvalue weighted by Crippen LogP contribution is -2.38. The van der Waals surface area contributed by atoms with Crippen LogP contribution in [0, 0.1) is 0 Å². The molecule has 0 spiro atoms. The normalized spacial score (nSPS) is 9.95. The Balaban J connectivity index is 1.89. The Morgan fingerprint density at radius 3 is 2.68 bits per heavy atom. The number of anilines is 1. The number of benzene rings is 1. The van der Waals surface area contributed by atoms with E-state index in [1.165, 1.54) is 16.2 Å². The molecule has 2 amide bonds. The number of hydrogen-bond acceptors (Lipinski definition) is 4. The van der Waals surface area contributed by atoms with E-state index < -0.39 is 0 Å². The van der Waals surface area contributed by atoms with Crippen molar-refractivity contribution in [1.29, 1.82) is 0 Å². The van der Waals surface area contributed by atoms with Gasteiger partial charge in [-0.15, -0.1) is 11.3 Å². The third-order valence-electron chi connectivity index (χ3n) is 2.52. The molecule has 1 heterocycles. The number of hydrogen-bond donors (Lipinski definition) is 1. The summed E-state index contributed by atoms with van der Waals surface area (Å²) in [5, 5.41) is 4.99. The van der Waals surface area contributed by atoms with E-state index in [2.05, 4.69) is 10.3 Å². The third-order valence-corrected chi connectivity index (χ3v) is 3.36. The van der Waals surface area contributed by atoms with Gasteiger partial charge in [-0.1, -0.05) is 18.2 Å². The summed E-state index contributed by atoms with van der Waals surface area (Å²) in [6.45, 7) is -0.0518. The van der Waals surface area contributed by atoms with Crippen molar-refractivity contribution >= 4 is 28.3 Å². The monoisotopic (exact) mass is 275 g/mol. The average Bonchev–Trinajstić information content (AvgIpc) is 2.98. The Hall–Kier alpha value is -2.21. The molecule has 2 aromatic rings. The Morgan fingerprint density at radius 1 is 1.32 bits per heavy atom. The van der Waals surface area contributed by atoms with Crippen LogP contribution in [-0.2, 0) is 4.79 Å². The predicted molar refractivity (Wildman–Crippen MR) is 74.3 cm³/mol. The summed E-state index contributed by atoms with van der Waals surface area (Å²) >= 11 is 1.37. The van der Waals surface area contributed by atoms with Gasteiger partial charge in [0.15, 0.2) is 5.13 Å². The molecule has 6 heteroatoms. The average molecular weight is 275 g/mol. The fourth-order valence-electron chi connectivity index (χ4n) is 1.45. The summed E-state index contributed by atoms with van der Waals surface area (Å²) < 4.78 is 0. The van der Waals surface area contributed by atoms with Crippen molar-refractivity contribution in [2.75, 3.05) is 18.5 Å². The maximum Gasteiger partial charge on any atom is 0.251 e. The minimum Gasteiger partial charge on any atom is -0.343 e. The number of rotatable bonds is 4. The largest absolute Gasteiger partial charge is 0.343 e. The van der Waals surface area contributed by atoms with Crippen molar-refractivity contribution in [2.45, 2.75) is 0 Å². The van der Waals surface area contributed by atoms with Gasteiger partial charge < -0.3 is 5.32 Å². The molecule has 0 bridgehead atoms. The molecule has 0 aliphatic heterocycles. The molecule has 2 rings (SSSR count). The SMILES string of the molecule is CN(C(=O)CNC(=O)c1ccccc1)c1nccs1. The summed E-state index contributed by atoms with van der Waals surface area (Å²) in [5.74, 6) is -0.472. The fraction of sp³-hybridized carbons (Fsp3) is 0.154. The molecule has 0 atom stereocenters. The molecule has 0 aliphatic rings. The fourth-order valence-corrected chi connectivity index (χ4v) is 2.08. The topological polar surface area (TPSA) is 62.3 Å². The van der Waals surface area contributed by atoms with Gasteiger partial charge in [0, 0.05) is 24.2 Å². The summed E-state index contributed by atoms with van der Waals surface area (Å²) in [6.07, 6.45) is 1.63. The molecule has 1 aromatic carbocycles. The van der Waals surface area contributed by atoms with Crippen molar-refractivity contribution in [2.24, 2.45) is 0 Å². The number of likely N-dealkylation sites (N-methyl/N-ethyl adjacent to an activating group) is 1. The number of nitrogens with zero attached hydrogens (tertiary/aromatic N) is 2. The van der Waals surface area contributed by atoms with E-state index in [1.807, 2.05) is 6.07 Å². The van der Waals surface area contributed by atoms with Gasteiger partial charge in [-0.05, 0) is 12.1 Å². The van der Waals surface area contributed by atoms with E-state index in [0.717, 1.165) is 0 Å². The molecule has 0 saturated carbocycles. The van der Waals surface area contributed by atoms with Crippen LogP contribution in [0.25, 0.3) is 0 Å². The second-order valence-electron chi connectivity index (χ2n) is 3.82. The standard InChI is InChI=1S/C13H13N3O2S/c1-16(13-14-7-8-19-13)11(17)9-15-12(18)10-5-3-2-4-6-10/h2-8H,9H2,1H3,(H,15,18). The van der Waals surface area contributed by atoms with Crippen LogP contribution in [-0.4, -0.2) is 30.4 Å². The van der Waals surface area contributed by atoms with E-state index in [0.29, 0.717) is 10.7 Å². The van der Waals surface area contributed by atoms with E-state index >= 15 is 0 Å². The first kappa shape index (κ1) is 13.2. The Bertz CT molecular complexity index is 555. The molecule has 1 N–H and O–H groups in total. The van der Waals surface area contributed by atoms with Crippen LogP contribution in [0.4, 0.5) is 5.13 Å². The molecule has 0 aliphatic carbocycles. The van der Waals surface area contributed by atoms with Gasteiger partial charge in [-0.3, -0.25) is 14.5 Å². The van der Waals surface area contributed by atoms with Gasteiger partial charge in [0.2, 0.25) is 5.91 Å². The number of carbonyl (C=O) groups is 2. The minimum absolute atomic E-state index is 0.0518. The first-order chi connectivity index (χ1) is 9.18. The highest BCUT2D eigenvalue weighted by Gasteiger charge is 2.14. The van der Waals surface area contributed by atoms with Gasteiger partial charge >= 0.3 is 0 Å². The lowest BCUT2D eigenvalue weighted by Gasteiger charge is -2.14. The zero-order valence-corrected chi connectivity index (χ0v) is 11.2. The van der Waals surface area contributed by atoms with Crippen molar-refractivity contribution < 1.29 is 9.59 Å². The number of carbonyl (C=O) groups excluding carboxylic acids is 2. The smallest absolute Gasteiger partial charge is 0.251 e. The van der Waals surface area contributed by atoms with Crippen LogP contribution in [0.3, 0.4) is 0 Å². The molecule has 0 unspecified atom stereocenters. The Kier molecular flexibility index (Phi) is 4.25. The van der Waals surface area contributed by atoms with Crippen LogP contribution in [0.1, 0.15) is 10.4 Å². The van der Waals surface area contributed by atoms with E-state index in [9.17, 15) is 9.59 Å². The second kappa shape index (κ2) is 6.10. The van der Waals surface area contributed by atoms with Crippen LogP contribution >= 0.6 is 11.3 Å². The minimum atomic E-state index is -0.263. The molecule has 1 aromatic heterocycles. The lowest BCUT2D eigenvalue weighted by molar-refractivity contribution is -0.117. The van der Waals surface area contributed by atoms with Crippen LogP contribution in [0.15, 0.2) is 41.9 Å². The molecule has 0 fully saturated rings. The van der Waals surface area contributed by atoms with Crippen LogP contribution in [0.5, 0.6) is 0 Å². The maximum absolute atomic E-state index is 11.9. The van der Waals surface area contributed by atoms with E-state index in [-0.39, 0.29) is 18.4 Å². The molecule has 5 nitrogen and oxygen atoms in total. The first-order valence-corrected chi connectivity index (χ1v) is 6.56. The molecule has 0 radical (unpaired) electrons. The van der Waals surface area contributed by atoms with E-state index in [4.69, 9.17) is 0 Å². The van der Waals surface area contributed by atoms with Crippen molar-refractivity contribution in [1.82, 2.24) is 10.3 Å². The maximum atomic E-state index is 11.9. The number of thiazole rings is 1. The predicted octanol–water partition coefficient (Wildman–Crippen LogP) is 1.54. The molecule has 19 heavy (non-hydrogen) atoms. The summed E-state index contributed by atoms with van der Waals surface area (Å²) in [4.78, 5) is 29.1. The zero-order chi connectivity index (χ0) is 13.7. The van der Waals surface area contributed by atoms with Crippen molar-refractivity contribution in [3.8, 4) is 0 Å².